The summed E-state index contributed by atoms with van der Waals surface area (Å²) in [5, 5.41) is 26.4. The highest BCUT2D eigenvalue weighted by Crippen LogP contribution is 2.22. The van der Waals surface area contributed by atoms with Crippen molar-refractivity contribution < 1.29 is 24.9 Å². The van der Waals surface area contributed by atoms with Gasteiger partial charge in [-0.1, -0.05) is 0 Å². The molecule has 0 heterocycles. The highest BCUT2D eigenvalue weighted by Gasteiger charge is 2.43. The molecule has 0 aromatic carbocycles. The van der Waals surface area contributed by atoms with Crippen LogP contribution >= 0.6 is 0 Å². The monoisotopic (exact) mass is 174 g/mol. The number of hydrogen-bond acceptors (Lipinski definition) is 5. The summed E-state index contributed by atoms with van der Waals surface area (Å²) in [6.45, 7) is -0.573. The lowest BCUT2D eigenvalue weighted by atomic mass is 10.0. The molecule has 0 aromatic rings. The number of aliphatic hydroxyl groups excluding tert-OH is 3. The van der Waals surface area contributed by atoms with E-state index in [9.17, 15) is 9.59 Å². The molecule has 0 aromatic heterocycles. The Hall–Kier alpha value is -0.780. The van der Waals surface area contributed by atoms with Gasteiger partial charge in [-0.15, -0.1) is 0 Å². The number of carbonyl (C=O) groups excluding carboxylic acids is 2. The Morgan fingerprint density at radius 1 is 1.42 bits per heavy atom. The Morgan fingerprint density at radius 2 is 2.00 bits per heavy atom. The molecule has 3 atom stereocenters. The van der Waals surface area contributed by atoms with Crippen molar-refractivity contribution in [1.82, 2.24) is 0 Å². The van der Waals surface area contributed by atoms with E-state index >= 15 is 0 Å². The normalized spacial score (nSPS) is 32.6. The maximum absolute atomic E-state index is 10.9. The minimum absolute atomic E-state index is 0.0839. The number of hydrogen-bond donors (Lipinski definition) is 3. The van der Waals surface area contributed by atoms with E-state index < -0.39 is 36.3 Å². The first-order chi connectivity index (χ1) is 5.57. The molecule has 0 spiro atoms. The summed E-state index contributed by atoms with van der Waals surface area (Å²) in [5.74, 6) is -2.59. The second kappa shape index (κ2) is 3.30. The van der Waals surface area contributed by atoms with Gasteiger partial charge < -0.3 is 15.3 Å². The maximum atomic E-state index is 10.9. The summed E-state index contributed by atoms with van der Waals surface area (Å²) in [6, 6.07) is 0. The molecule has 3 N–H and O–H groups in total. The zero-order valence-electron chi connectivity index (χ0n) is 6.30. The van der Waals surface area contributed by atoms with E-state index in [-0.39, 0.29) is 6.42 Å². The van der Waals surface area contributed by atoms with Gasteiger partial charge in [0.05, 0.1) is 18.6 Å². The molecule has 1 fully saturated rings. The second-order valence-electron chi connectivity index (χ2n) is 2.84. The first-order valence-corrected chi connectivity index (χ1v) is 3.63. The van der Waals surface area contributed by atoms with E-state index in [1.807, 2.05) is 0 Å². The molecule has 12 heavy (non-hydrogen) atoms. The largest absolute Gasteiger partial charge is 0.394 e. The van der Waals surface area contributed by atoms with Gasteiger partial charge in [0.15, 0.2) is 0 Å². The fourth-order valence-electron chi connectivity index (χ4n) is 1.26. The topological polar surface area (TPSA) is 94.8 Å². The van der Waals surface area contributed by atoms with Gasteiger partial charge in [-0.05, 0) is 6.42 Å². The molecule has 0 bridgehead atoms. The van der Waals surface area contributed by atoms with E-state index in [1.54, 1.807) is 0 Å². The minimum atomic E-state index is -1.30. The molecular formula is C7H10O5. The predicted molar refractivity (Wildman–Crippen MR) is 37.2 cm³/mol. The number of rotatable bonds is 2. The van der Waals surface area contributed by atoms with Gasteiger partial charge >= 0.3 is 0 Å². The standard InChI is InChI=1S/C7H10O5/c8-2-5(10)3-1-4(9)7(12)6(3)11/h3-5,8-10H,1-2H2/t3-,4?,5+/m1/s1. The van der Waals surface area contributed by atoms with Crippen LogP contribution in [0.2, 0.25) is 0 Å². The number of aliphatic hydroxyl groups is 3. The zero-order valence-corrected chi connectivity index (χ0v) is 6.30. The summed E-state index contributed by atoms with van der Waals surface area (Å²) in [5.41, 5.74) is 0. The van der Waals surface area contributed by atoms with Crippen LogP contribution in [0.3, 0.4) is 0 Å². The van der Waals surface area contributed by atoms with Crippen molar-refractivity contribution >= 4 is 11.6 Å². The second-order valence-corrected chi connectivity index (χ2v) is 2.84. The highest BCUT2D eigenvalue weighted by atomic mass is 16.3. The molecule has 0 aliphatic heterocycles. The lowest BCUT2D eigenvalue weighted by Gasteiger charge is -2.11. The van der Waals surface area contributed by atoms with Crippen molar-refractivity contribution in [1.29, 1.82) is 0 Å². The Balaban J connectivity index is 2.71. The van der Waals surface area contributed by atoms with Gasteiger partial charge in [-0.2, -0.15) is 0 Å². The van der Waals surface area contributed by atoms with E-state index in [4.69, 9.17) is 15.3 Å². The lowest BCUT2D eigenvalue weighted by molar-refractivity contribution is -0.140. The third-order valence-corrected chi connectivity index (χ3v) is 2.01. The van der Waals surface area contributed by atoms with Crippen LogP contribution in [-0.4, -0.2) is 45.7 Å². The fourth-order valence-corrected chi connectivity index (χ4v) is 1.26. The summed E-state index contributed by atoms with van der Waals surface area (Å²) < 4.78 is 0. The Morgan fingerprint density at radius 3 is 2.33 bits per heavy atom. The summed E-state index contributed by atoms with van der Waals surface area (Å²) in [6.07, 6.45) is -2.62. The van der Waals surface area contributed by atoms with E-state index in [0.29, 0.717) is 0 Å². The third-order valence-electron chi connectivity index (χ3n) is 2.01. The molecule has 0 radical (unpaired) electrons. The first kappa shape index (κ1) is 9.31. The van der Waals surface area contributed by atoms with Gasteiger partial charge in [0.25, 0.3) is 0 Å². The average Bonchev–Trinajstić information content (AvgIpc) is 2.32. The van der Waals surface area contributed by atoms with Crippen LogP contribution in [0.4, 0.5) is 0 Å². The van der Waals surface area contributed by atoms with Crippen LogP contribution in [0, 0.1) is 5.92 Å². The molecule has 1 saturated carbocycles. The molecule has 5 nitrogen and oxygen atoms in total. The fraction of sp³-hybridized carbons (Fsp3) is 0.714. The third kappa shape index (κ3) is 1.38. The van der Waals surface area contributed by atoms with Crippen molar-refractivity contribution in [3.05, 3.63) is 0 Å². The maximum Gasteiger partial charge on any atom is 0.227 e. The first-order valence-electron chi connectivity index (χ1n) is 3.63. The molecule has 1 rings (SSSR count). The lowest BCUT2D eigenvalue weighted by Crippen LogP contribution is -2.29. The van der Waals surface area contributed by atoms with Crippen LogP contribution in [-0.2, 0) is 9.59 Å². The molecule has 0 amide bonds. The number of Topliss-reactive ketones (excluding diaryl/α,β-unsaturated/α-hetero) is 2. The van der Waals surface area contributed by atoms with Crippen LogP contribution < -0.4 is 0 Å². The summed E-state index contributed by atoms with van der Waals surface area (Å²) in [7, 11) is 0. The van der Waals surface area contributed by atoms with E-state index in [1.165, 1.54) is 0 Å². The van der Waals surface area contributed by atoms with Crippen LogP contribution in [0.1, 0.15) is 6.42 Å². The smallest absolute Gasteiger partial charge is 0.227 e. The van der Waals surface area contributed by atoms with E-state index in [2.05, 4.69) is 0 Å². The highest BCUT2D eigenvalue weighted by molar-refractivity contribution is 6.41. The van der Waals surface area contributed by atoms with Gasteiger partial charge in [-0.25, -0.2) is 0 Å². The quantitative estimate of drug-likeness (QED) is 0.415. The van der Waals surface area contributed by atoms with Crippen LogP contribution in [0.25, 0.3) is 0 Å². The van der Waals surface area contributed by atoms with Gasteiger partial charge in [0, 0.05) is 0 Å². The Kier molecular flexibility index (Phi) is 2.56. The Bertz CT molecular complexity index is 212. The molecule has 1 aliphatic carbocycles. The number of ketones is 2. The molecule has 68 valence electrons. The molecule has 1 unspecified atom stereocenters. The van der Waals surface area contributed by atoms with Crippen LogP contribution in [0.15, 0.2) is 0 Å². The van der Waals surface area contributed by atoms with Gasteiger partial charge in [-0.3, -0.25) is 9.59 Å². The zero-order chi connectivity index (χ0) is 9.30. The van der Waals surface area contributed by atoms with Crippen LogP contribution in [0.5, 0.6) is 0 Å². The summed E-state index contributed by atoms with van der Waals surface area (Å²) in [4.78, 5) is 21.7. The molecular weight excluding hydrogens is 164 g/mol. The molecule has 0 saturated heterocycles. The van der Waals surface area contributed by atoms with Crippen molar-refractivity contribution in [2.45, 2.75) is 18.6 Å². The van der Waals surface area contributed by atoms with Gasteiger partial charge in [0.1, 0.15) is 6.10 Å². The van der Waals surface area contributed by atoms with Crippen molar-refractivity contribution in [2.24, 2.45) is 5.92 Å². The SMILES string of the molecule is O=C1C(=O)[C@@H]([C@@H](O)CO)CC1O. The van der Waals surface area contributed by atoms with Crippen molar-refractivity contribution in [3.63, 3.8) is 0 Å². The molecule has 5 heteroatoms. The summed E-state index contributed by atoms with van der Waals surface area (Å²) >= 11 is 0. The predicted octanol–water partition coefficient (Wildman–Crippen LogP) is -2.14. The van der Waals surface area contributed by atoms with Crippen molar-refractivity contribution in [3.8, 4) is 0 Å². The number of carbonyl (C=O) groups is 2. The minimum Gasteiger partial charge on any atom is -0.394 e. The van der Waals surface area contributed by atoms with Crippen molar-refractivity contribution in [2.75, 3.05) is 6.61 Å². The van der Waals surface area contributed by atoms with E-state index in [0.717, 1.165) is 0 Å². The van der Waals surface area contributed by atoms with Gasteiger partial charge in [0.2, 0.25) is 11.6 Å². The average molecular weight is 174 g/mol. The molecule has 1 aliphatic rings. The Labute approximate surface area is 68.6 Å².